The number of aromatic nitrogens is 1. The summed E-state index contributed by atoms with van der Waals surface area (Å²) in [5.41, 5.74) is 2.33. The van der Waals surface area contributed by atoms with Crippen molar-refractivity contribution in [2.24, 2.45) is 0 Å². The van der Waals surface area contributed by atoms with Gasteiger partial charge in [0.15, 0.2) is 0 Å². The lowest BCUT2D eigenvalue weighted by Gasteiger charge is -2.29. The summed E-state index contributed by atoms with van der Waals surface area (Å²) in [7, 11) is 1.71. The average molecular weight is 253 g/mol. The fraction of sp³-hybridized carbons (Fsp3) is 0.769. The van der Waals surface area contributed by atoms with Crippen molar-refractivity contribution in [1.29, 1.82) is 0 Å². The Labute approximate surface area is 108 Å². The Morgan fingerprint density at radius 1 is 1.50 bits per heavy atom. The van der Waals surface area contributed by atoms with Crippen LogP contribution in [-0.4, -0.2) is 42.9 Å². The van der Waals surface area contributed by atoms with E-state index in [2.05, 4.69) is 29.2 Å². The Hall–Kier alpha value is -0.910. The van der Waals surface area contributed by atoms with Crippen molar-refractivity contribution < 1.29 is 9.26 Å². The number of ether oxygens (including phenoxy) is 1. The molecule has 1 N–H and O–H groups in total. The van der Waals surface area contributed by atoms with Crippen molar-refractivity contribution in [2.75, 3.05) is 26.8 Å². The molecule has 1 aliphatic rings. The molecule has 1 aromatic rings. The first-order chi connectivity index (χ1) is 8.72. The molecule has 0 fully saturated rings. The normalized spacial score (nSPS) is 16.2. The molecule has 0 amide bonds. The van der Waals surface area contributed by atoms with Gasteiger partial charge in [-0.1, -0.05) is 5.16 Å². The molecule has 0 aromatic carbocycles. The van der Waals surface area contributed by atoms with Crippen LogP contribution in [0.4, 0.5) is 0 Å². The van der Waals surface area contributed by atoms with Crippen molar-refractivity contribution in [3.8, 4) is 0 Å². The largest absolute Gasteiger partial charge is 0.383 e. The van der Waals surface area contributed by atoms with E-state index in [1.165, 1.54) is 5.56 Å². The summed E-state index contributed by atoms with van der Waals surface area (Å²) in [6.07, 6.45) is 0.971. The molecule has 18 heavy (non-hydrogen) atoms. The Balaban J connectivity index is 1.95. The summed E-state index contributed by atoms with van der Waals surface area (Å²) in [5.74, 6) is 1.07. The van der Waals surface area contributed by atoms with Gasteiger partial charge in [-0.15, -0.1) is 0 Å². The minimum Gasteiger partial charge on any atom is -0.383 e. The highest BCUT2D eigenvalue weighted by Crippen LogP contribution is 2.23. The summed E-state index contributed by atoms with van der Waals surface area (Å²) < 4.78 is 10.4. The third-order valence-electron chi connectivity index (χ3n) is 3.44. The molecule has 0 aliphatic carbocycles. The third kappa shape index (κ3) is 3.10. The first-order valence-electron chi connectivity index (χ1n) is 6.62. The Morgan fingerprint density at radius 3 is 3.06 bits per heavy atom. The predicted molar refractivity (Wildman–Crippen MR) is 69.3 cm³/mol. The molecule has 0 radical (unpaired) electrons. The van der Waals surface area contributed by atoms with Crippen molar-refractivity contribution in [3.05, 3.63) is 17.0 Å². The average Bonchev–Trinajstić information content (AvgIpc) is 2.77. The van der Waals surface area contributed by atoms with E-state index in [0.29, 0.717) is 6.04 Å². The van der Waals surface area contributed by atoms with Gasteiger partial charge < -0.3 is 14.6 Å². The monoisotopic (exact) mass is 253 g/mol. The van der Waals surface area contributed by atoms with Crippen molar-refractivity contribution >= 4 is 0 Å². The lowest BCUT2D eigenvalue weighted by Crippen LogP contribution is -2.36. The van der Waals surface area contributed by atoms with Gasteiger partial charge in [0, 0.05) is 51.3 Å². The van der Waals surface area contributed by atoms with Crippen LogP contribution in [0.25, 0.3) is 0 Å². The molecule has 0 unspecified atom stereocenters. The lowest BCUT2D eigenvalue weighted by molar-refractivity contribution is 0.191. The van der Waals surface area contributed by atoms with Crippen LogP contribution < -0.4 is 5.32 Å². The van der Waals surface area contributed by atoms with Crippen molar-refractivity contribution in [1.82, 2.24) is 15.4 Å². The number of nitrogens with zero attached hydrogens (tertiary/aromatic N) is 2. The lowest BCUT2D eigenvalue weighted by atomic mass is 10.0. The van der Waals surface area contributed by atoms with Crippen LogP contribution in [0.15, 0.2) is 4.52 Å². The first-order valence-corrected chi connectivity index (χ1v) is 6.62. The minimum atomic E-state index is 0.572. The summed E-state index contributed by atoms with van der Waals surface area (Å²) >= 11 is 0. The Morgan fingerprint density at radius 2 is 2.33 bits per heavy atom. The maximum atomic E-state index is 5.42. The van der Waals surface area contributed by atoms with Gasteiger partial charge in [0.25, 0.3) is 0 Å². The summed E-state index contributed by atoms with van der Waals surface area (Å²) in [6.45, 7) is 8.80. The highest BCUT2D eigenvalue weighted by molar-refractivity contribution is 5.25. The van der Waals surface area contributed by atoms with Crippen LogP contribution in [0, 0.1) is 0 Å². The summed E-state index contributed by atoms with van der Waals surface area (Å²) in [4.78, 5) is 2.46. The first kappa shape index (κ1) is 13.5. The van der Waals surface area contributed by atoms with E-state index in [9.17, 15) is 0 Å². The van der Waals surface area contributed by atoms with Gasteiger partial charge in [0.1, 0.15) is 11.5 Å². The second-order valence-electron chi connectivity index (χ2n) is 5.01. The van der Waals surface area contributed by atoms with Crippen LogP contribution >= 0.6 is 0 Å². The molecule has 0 bridgehead atoms. The molecule has 5 nitrogen and oxygen atoms in total. The smallest absolute Gasteiger partial charge is 0.142 e. The van der Waals surface area contributed by atoms with Gasteiger partial charge in [-0.2, -0.15) is 0 Å². The Bertz CT molecular complexity index is 376. The predicted octanol–water partition coefficient (Wildman–Crippen LogP) is 1.18. The van der Waals surface area contributed by atoms with Gasteiger partial charge in [0.2, 0.25) is 0 Å². The molecule has 102 valence electrons. The zero-order chi connectivity index (χ0) is 13.0. The van der Waals surface area contributed by atoms with Gasteiger partial charge in [-0.25, -0.2) is 0 Å². The van der Waals surface area contributed by atoms with E-state index in [1.54, 1.807) is 7.11 Å². The Kier molecular flexibility index (Phi) is 4.74. The maximum absolute atomic E-state index is 5.42. The molecule has 2 rings (SSSR count). The van der Waals surface area contributed by atoms with Crippen LogP contribution in [0.3, 0.4) is 0 Å². The molecule has 0 atom stereocenters. The number of rotatable bonds is 6. The fourth-order valence-electron chi connectivity index (χ4n) is 2.25. The van der Waals surface area contributed by atoms with Crippen molar-refractivity contribution in [2.45, 2.75) is 39.4 Å². The number of hydrogen-bond acceptors (Lipinski definition) is 5. The second-order valence-corrected chi connectivity index (χ2v) is 5.01. The number of fused-ring (bicyclic) bond motifs is 1. The number of nitrogens with one attached hydrogen (secondary N) is 1. The molecule has 1 aliphatic heterocycles. The van der Waals surface area contributed by atoms with E-state index < -0.39 is 0 Å². The number of methoxy groups -OCH3 is 1. The van der Waals surface area contributed by atoms with E-state index >= 15 is 0 Å². The van der Waals surface area contributed by atoms with Crippen LogP contribution in [-0.2, 0) is 24.2 Å². The van der Waals surface area contributed by atoms with Crippen LogP contribution in [0.5, 0.6) is 0 Å². The van der Waals surface area contributed by atoms with E-state index in [0.717, 1.165) is 50.7 Å². The molecule has 5 heteroatoms. The standard InChI is InChI=1S/C13H23N3O2/c1-10(2)16-6-4-13-11(9-16)12(15-18-13)8-14-5-7-17-3/h10,14H,4-9H2,1-3H3. The van der Waals surface area contributed by atoms with Gasteiger partial charge in [-0.3, -0.25) is 4.90 Å². The van der Waals surface area contributed by atoms with Gasteiger partial charge in [0.05, 0.1) is 6.61 Å². The van der Waals surface area contributed by atoms with Crippen LogP contribution in [0.2, 0.25) is 0 Å². The topological polar surface area (TPSA) is 50.5 Å². The van der Waals surface area contributed by atoms with Crippen molar-refractivity contribution in [3.63, 3.8) is 0 Å². The van der Waals surface area contributed by atoms with E-state index in [4.69, 9.17) is 9.26 Å². The second kappa shape index (κ2) is 6.31. The minimum absolute atomic E-state index is 0.572. The van der Waals surface area contributed by atoms with E-state index in [1.807, 2.05) is 0 Å². The molecular formula is C13H23N3O2. The quantitative estimate of drug-likeness (QED) is 0.771. The highest BCUT2D eigenvalue weighted by Gasteiger charge is 2.24. The van der Waals surface area contributed by atoms with Gasteiger partial charge >= 0.3 is 0 Å². The summed E-state index contributed by atoms with van der Waals surface area (Å²) in [5, 5.41) is 7.50. The van der Waals surface area contributed by atoms with E-state index in [-0.39, 0.29) is 0 Å². The summed E-state index contributed by atoms with van der Waals surface area (Å²) in [6, 6.07) is 0.572. The molecule has 0 saturated heterocycles. The molecule has 1 aromatic heterocycles. The fourth-order valence-corrected chi connectivity index (χ4v) is 2.25. The SMILES string of the molecule is COCCNCc1noc2c1CN(C(C)C)CC2. The van der Waals surface area contributed by atoms with Gasteiger partial charge in [-0.05, 0) is 13.8 Å². The third-order valence-corrected chi connectivity index (χ3v) is 3.44. The molecule has 0 saturated carbocycles. The maximum Gasteiger partial charge on any atom is 0.142 e. The number of hydrogen-bond donors (Lipinski definition) is 1. The highest BCUT2D eigenvalue weighted by atomic mass is 16.5. The molecular weight excluding hydrogens is 230 g/mol. The molecule has 0 spiro atoms. The zero-order valence-corrected chi connectivity index (χ0v) is 11.5. The van der Waals surface area contributed by atoms with Crippen LogP contribution in [0.1, 0.15) is 30.9 Å². The zero-order valence-electron chi connectivity index (χ0n) is 11.5. The molecule has 2 heterocycles.